The fraction of sp³-hybridized carbons (Fsp3) is 0.938. The number of aliphatic carboxylic acids is 1. The summed E-state index contributed by atoms with van der Waals surface area (Å²) >= 11 is 2.03. The lowest BCUT2D eigenvalue weighted by atomic mass is 9.90. The van der Waals surface area contributed by atoms with Crippen LogP contribution in [0.15, 0.2) is 0 Å². The molecule has 3 nitrogen and oxygen atoms in total. The maximum absolute atomic E-state index is 11.6. The molecule has 0 radical (unpaired) electrons. The minimum absolute atomic E-state index is 0.456. The first-order valence-corrected chi connectivity index (χ1v) is 9.40. The summed E-state index contributed by atoms with van der Waals surface area (Å²) < 4.78 is 0. The monoisotopic (exact) mass is 299 g/mol. The second kappa shape index (κ2) is 7.69. The summed E-state index contributed by atoms with van der Waals surface area (Å²) in [6.45, 7) is 2.00. The van der Waals surface area contributed by atoms with Crippen LogP contribution >= 0.6 is 11.8 Å². The fourth-order valence-corrected chi connectivity index (χ4v) is 4.37. The molecule has 2 aliphatic rings. The Morgan fingerprint density at radius 2 is 2.00 bits per heavy atom. The van der Waals surface area contributed by atoms with Crippen LogP contribution in [-0.4, -0.2) is 34.2 Å². The van der Waals surface area contributed by atoms with Crippen molar-refractivity contribution >= 4 is 17.7 Å². The van der Waals surface area contributed by atoms with Gasteiger partial charge in [-0.15, -0.1) is 0 Å². The van der Waals surface area contributed by atoms with Crippen LogP contribution in [0, 0.1) is 5.92 Å². The van der Waals surface area contributed by atoms with E-state index in [2.05, 4.69) is 5.32 Å². The zero-order valence-electron chi connectivity index (χ0n) is 12.7. The zero-order valence-corrected chi connectivity index (χ0v) is 13.5. The van der Waals surface area contributed by atoms with Gasteiger partial charge in [-0.25, -0.2) is 0 Å². The number of rotatable bonds is 10. The second-order valence-electron chi connectivity index (χ2n) is 6.49. The summed E-state index contributed by atoms with van der Waals surface area (Å²) in [5, 5.41) is 12.9. The van der Waals surface area contributed by atoms with Gasteiger partial charge in [0.2, 0.25) is 0 Å². The Hall–Kier alpha value is -0.220. The van der Waals surface area contributed by atoms with Gasteiger partial charge in [-0.05, 0) is 62.4 Å². The van der Waals surface area contributed by atoms with E-state index in [0.717, 1.165) is 37.4 Å². The summed E-state index contributed by atoms with van der Waals surface area (Å²) in [6.07, 6.45) is 10.4. The number of hydrogen-bond acceptors (Lipinski definition) is 3. The Morgan fingerprint density at radius 1 is 1.30 bits per heavy atom. The molecule has 0 aromatic carbocycles. The number of hydrogen-bond donors (Lipinski definition) is 2. The Bertz CT molecular complexity index is 314. The predicted octanol–water partition coefficient (Wildman–Crippen LogP) is 3.68. The van der Waals surface area contributed by atoms with Gasteiger partial charge in [-0.3, -0.25) is 10.1 Å². The lowest BCUT2D eigenvalue weighted by molar-refractivity contribution is -0.145. The Labute approximate surface area is 127 Å². The van der Waals surface area contributed by atoms with Gasteiger partial charge in [0, 0.05) is 6.04 Å². The molecule has 0 aromatic heterocycles. The van der Waals surface area contributed by atoms with E-state index >= 15 is 0 Å². The number of nitrogens with one attached hydrogen (secondary N) is 1. The van der Waals surface area contributed by atoms with Crippen molar-refractivity contribution in [2.75, 3.05) is 11.5 Å². The first-order valence-electron chi connectivity index (χ1n) is 8.25. The lowest BCUT2D eigenvalue weighted by Crippen LogP contribution is -2.52. The smallest absolute Gasteiger partial charge is 0.323 e. The highest BCUT2D eigenvalue weighted by atomic mass is 32.2. The Morgan fingerprint density at radius 3 is 2.55 bits per heavy atom. The molecule has 0 heterocycles. The SMILES string of the molecule is CCC(CCCSCC1CCCC1)(NC1CC1)C(=O)O. The molecule has 0 bridgehead atoms. The molecule has 2 saturated carbocycles. The molecule has 1 atom stereocenters. The normalized spacial score (nSPS) is 22.9. The van der Waals surface area contributed by atoms with Crippen LogP contribution in [0.4, 0.5) is 0 Å². The van der Waals surface area contributed by atoms with Crippen molar-refractivity contribution in [3.05, 3.63) is 0 Å². The van der Waals surface area contributed by atoms with Crippen molar-refractivity contribution in [3.8, 4) is 0 Å². The van der Waals surface area contributed by atoms with Gasteiger partial charge in [0.1, 0.15) is 5.54 Å². The van der Waals surface area contributed by atoms with Crippen LogP contribution in [0.2, 0.25) is 0 Å². The predicted molar refractivity (Wildman–Crippen MR) is 85.3 cm³/mol. The standard InChI is InChI=1S/C16H29NO2S/c1-2-16(15(18)19,17-14-8-9-14)10-5-11-20-12-13-6-3-4-7-13/h13-14,17H,2-12H2,1H3,(H,18,19). The van der Waals surface area contributed by atoms with Crippen molar-refractivity contribution in [2.24, 2.45) is 5.92 Å². The van der Waals surface area contributed by atoms with Crippen molar-refractivity contribution < 1.29 is 9.90 Å². The lowest BCUT2D eigenvalue weighted by Gasteiger charge is -2.29. The number of carboxylic acid groups (broad SMARTS) is 1. The molecule has 1 unspecified atom stereocenters. The molecule has 20 heavy (non-hydrogen) atoms. The van der Waals surface area contributed by atoms with Gasteiger partial charge in [0.15, 0.2) is 0 Å². The molecule has 4 heteroatoms. The molecule has 0 amide bonds. The zero-order chi connectivity index (χ0) is 14.4. The van der Waals surface area contributed by atoms with Crippen LogP contribution in [0.1, 0.15) is 64.7 Å². The third-order valence-corrected chi connectivity index (χ3v) is 6.08. The molecular formula is C16H29NO2S. The van der Waals surface area contributed by atoms with Gasteiger partial charge >= 0.3 is 5.97 Å². The van der Waals surface area contributed by atoms with Gasteiger partial charge < -0.3 is 5.11 Å². The minimum Gasteiger partial charge on any atom is -0.480 e. The largest absolute Gasteiger partial charge is 0.480 e. The summed E-state index contributed by atoms with van der Waals surface area (Å²) in [6, 6.07) is 0.456. The maximum atomic E-state index is 11.6. The number of thioether (sulfide) groups is 1. The number of carbonyl (C=O) groups is 1. The van der Waals surface area contributed by atoms with E-state index in [1.807, 2.05) is 18.7 Å². The molecule has 2 N–H and O–H groups in total. The molecule has 0 aromatic rings. The number of carboxylic acids is 1. The van der Waals surface area contributed by atoms with Crippen LogP contribution < -0.4 is 5.32 Å². The van der Waals surface area contributed by atoms with E-state index in [9.17, 15) is 9.90 Å². The summed E-state index contributed by atoms with van der Waals surface area (Å²) in [5.41, 5.74) is -0.672. The van der Waals surface area contributed by atoms with Crippen molar-refractivity contribution in [1.29, 1.82) is 0 Å². The quantitative estimate of drug-likeness (QED) is 0.604. The Balaban J connectivity index is 1.66. The summed E-state index contributed by atoms with van der Waals surface area (Å²) in [5.74, 6) is 2.66. The van der Waals surface area contributed by atoms with Gasteiger partial charge in [0.05, 0.1) is 0 Å². The molecule has 2 fully saturated rings. The average molecular weight is 299 g/mol. The summed E-state index contributed by atoms with van der Waals surface area (Å²) in [4.78, 5) is 11.6. The topological polar surface area (TPSA) is 49.3 Å². The molecule has 2 aliphatic carbocycles. The third kappa shape index (κ3) is 4.66. The first kappa shape index (κ1) is 16.2. The summed E-state index contributed by atoms with van der Waals surface area (Å²) in [7, 11) is 0. The van der Waals surface area contributed by atoms with E-state index in [0.29, 0.717) is 12.5 Å². The Kier molecular flexibility index (Phi) is 6.21. The van der Waals surface area contributed by atoms with Crippen molar-refractivity contribution in [3.63, 3.8) is 0 Å². The first-order chi connectivity index (χ1) is 9.66. The third-order valence-electron chi connectivity index (χ3n) is 4.79. The highest BCUT2D eigenvalue weighted by molar-refractivity contribution is 7.99. The van der Waals surface area contributed by atoms with E-state index in [1.54, 1.807) is 0 Å². The van der Waals surface area contributed by atoms with E-state index in [1.165, 1.54) is 31.4 Å². The molecular weight excluding hydrogens is 270 g/mol. The fourth-order valence-electron chi connectivity index (χ4n) is 3.19. The molecule has 2 rings (SSSR count). The van der Waals surface area contributed by atoms with Gasteiger partial charge in [0.25, 0.3) is 0 Å². The van der Waals surface area contributed by atoms with Gasteiger partial charge in [-0.1, -0.05) is 19.8 Å². The van der Waals surface area contributed by atoms with Gasteiger partial charge in [-0.2, -0.15) is 11.8 Å². The van der Waals surface area contributed by atoms with Crippen LogP contribution in [0.5, 0.6) is 0 Å². The van der Waals surface area contributed by atoms with Crippen molar-refractivity contribution in [2.45, 2.75) is 76.3 Å². The van der Waals surface area contributed by atoms with E-state index in [-0.39, 0.29) is 0 Å². The molecule has 0 saturated heterocycles. The second-order valence-corrected chi connectivity index (χ2v) is 7.64. The van der Waals surface area contributed by atoms with E-state index < -0.39 is 11.5 Å². The maximum Gasteiger partial charge on any atom is 0.323 e. The molecule has 0 spiro atoms. The van der Waals surface area contributed by atoms with Crippen molar-refractivity contribution in [1.82, 2.24) is 5.32 Å². The highest BCUT2D eigenvalue weighted by Gasteiger charge is 2.40. The van der Waals surface area contributed by atoms with Crippen LogP contribution in [-0.2, 0) is 4.79 Å². The highest BCUT2D eigenvalue weighted by Crippen LogP contribution is 2.30. The van der Waals surface area contributed by atoms with E-state index in [4.69, 9.17) is 0 Å². The van der Waals surface area contributed by atoms with Crippen LogP contribution in [0.3, 0.4) is 0 Å². The average Bonchev–Trinajstić information content (AvgIpc) is 3.09. The minimum atomic E-state index is -0.672. The molecule has 0 aliphatic heterocycles. The van der Waals surface area contributed by atoms with Crippen LogP contribution in [0.25, 0.3) is 0 Å². The molecule has 116 valence electrons.